The lowest BCUT2D eigenvalue weighted by Gasteiger charge is -2.15. The molecule has 4 aromatic rings. The van der Waals surface area contributed by atoms with E-state index in [9.17, 15) is 9.18 Å². The minimum absolute atomic E-state index is 0.197. The molecule has 0 aliphatic rings. The summed E-state index contributed by atoms with van der Waals surface area (Å²) in [6.07, 6.45) is 1.59. The summed E-state index contributed by atoms with van der Waals surface area (Å²) in [6, 6.07) is 16.4. The summed E-state index contributed by atoms with van der Waals surface area (Å²) in [5, 5.41) is 3.26. The van der Waals surface area contributed by atoms with Crippen molar-refractivity contribution >= 4 is 22.7 Å². The van der Waals surface area contributed by atoms with E-state index < -0.39 is 5.82 Å². The lowest BCUT2D eigenvalue weighted by Crippen LogP contribution is -2.23. The Morgan fingerprint density at radius 3 is 2.67 bits per heavy atom. The zero-order valence-electron chi connectivity index (χ0n) is 14.4. The fraction of sp³-hybridized carbons (Fsp3) is 0.0500. The standard InChI is InChI=1S/C20H15FN4O2/c1-27-15-9-10-22-18(12-15)24-20-23-17-8-7-13(21)11-16(17)19(26)25(20)14-5-3-2-4-6-14/h2-12H,1H3,(H,22,23,24). The third-order valence-corrected chi connectivity index (χ3v) is 4.05. The molecular formula is C20H15FN4O2. The molecule has 0 spiro atoms. The number of nitrogens with one attached hydrogen (secondary N) is 1. The number of ether oxygens (including phenoxy) is 1. The van der Waals surface area contributed by atoms with Gasteiger partial charge in [0.25, 0.3) is 5.56 Å². The van der Waals surface area contributed by atoms with E-state index in [2.05, 4.69) is 15.3 Å². The highest BCUT2D eigenvalue weighted by Crippen LogP contribution is 2.21. The number of methoxy groups -OCH3 is 1. The average molecular weight is 362 g/mol. The van der Waals surface area contributed by atoms with Gasteiger partial charge in [-0.05, 0) is 36.4 Å². The van der Waals surface area contributed by atoms with E-state index in [0.29, 0.717) is 22.8 Å². The molecule has 27 heavy (non-hydrogen) atoms. The van der Waals surface area contributed by atoms with Gasteiger partial charge in [0, 0.05) is 12.3 Å². The lowest BCUT2D eigenvalue weighted by molar-refractivity contribution is 0.414. The second-order valence-electron chi connectivity index (χ2n) is 5.78. The molecule has 0 saturated heterocycles. The highest BCUT2D eigenvalue weighted by Gasteiger charge is 2.14. The topological polar surface area (TPSA) is 69.0 Å². The normalized spacial score (nSPS) is 10.7. The van der Waals surface area contributed by atoms with Gasteiger partial charge in [-0.15, -0.1) is 0 Å². The molecule has 0 atom stereocenters. The maximum Gasteiger partial charge on any atom is 0.267 e. The Morgan fingerprint density at radius 2 is 1.89 bits per heavy atom. The molecule has 134 valence electrons. The zero-order valence-corrected chi connectivity index (χ0v) is 14.4. The van der Waals surface area contributed by atoms with Crippen LogP contribution in [-0.4, -0.2) is 21.6 Å². The fourth-order valence-corrected chi connectivity index (χ4v) is 2.78. The van der Waals surface area contributed by atoms with E-state index in [1.54, 1.807) is 37.6 Å². The van der Waals surface area contributed by atoms with E-state index in [1.807, 2.05) is 18.2 Å². The summed E-state index contributed by atoms with van der Waals surface area (Å²) in [6.45, 7) is 0. The molecule has 6 nitrogen and oxygen atoms in total. The number of fused-ring (bicyclic) bond motifs is 1. The molecule has 0 amide bonds. The van der Waals surface area contributed by atoms with Crippen molar-refractivity contribution in [3.05, 3.63) is 83.0 Å². The number of anilines is 2. The number of halogens is 1. The van der Waals surface area contributed by atoms with Crippen LogP contribution in [0.2, 0.25) is 0 Å². The smallest absolute Gasteiger partial charge is 0.267 e. The van der Waals surface area contributed by atoms with Crippen molar-refractivity contribution in [3.63, 3.8) is 0 Å². The molecule has 1 N–H and O–H groups in total. The van der Waals surface area contributed by atoms with Crippen molar-refractivity contribution < 1.29 is 9.13 Å². The van der Waals surface area contributed by atoms with Crippen LogP contribution in [0.3, 0.4) is 0 Å². The van der Waals surface area contributed by atoms with Gasteiger partial charge in [0.2, 0.25) is 5.95 Å². The van der Waals surface area contributed by atoms with E-state index in [-0.39, 0.29) is 16.9 Å². The van der Waals surface area contributed by atoms with E-state index in [1.165, 1.54) is 22.8 Å². The predicted octanol–water partition coefficient (Wildman–Crippen LogP) is 3.67. The SMILES string of the molecule is COc1ccnc(Nc2nc3ccc(F)cc3c(=O)n2-c2ccccc2)c1. The van der Waals surface area contributed by atoms with Crippen LogP contribution in [0.4, 0.5) is 16.2 Å². The first-order valence-corrected chi connectivity index (χ1v) is 8.20. The molecule has 0 unspecified atom stereocenters. The summed E-state index contributed by atoms with van der Waals surface area (Å²) >= 11 is 0. The number of benzene rings is 2. The van der Waals surface area contributed by atoms with Crippen LogP contribution in [0.5, 0.6) is 5.75 Å². The second kappa shape index (κ2) is 6.87. The van der Waals surface area contributed by atoms with E-state index >= 15 is 0 Å². The molecule has 0 aliphatic carbocycles. The molecule has 0 radical (unpaired) electrons. The Morgan fingerprint density at radius 1 is 1.07 bits per heavy atom. The Balaban J connectivity index is 1.95. The molecule has 0 saturated carbocycles. The van der Waals surface area contributed by atoms with Crippen molar-refractivity contribution in [1.29, 1.82) is 0 Å². The van der Waals surface area contributed by atoms with Crippen molar-refractivity contribution in [2.45, 2.75) is 0 Å². The van der Waals surface area contributed by atoms with Gasteiger partial charge < -0.3 is 10.1 Å². The summed E-state index contributed by atoms with van der Waals surface area (Å²) in [4.78, 5) is 21.8. The first kappa shape index (κ1) is 16.7. The molecule has 7 heteroatoms. The second-order valence-corrected chi connectivity index (χ2v) is 5.78. The van der Waals surface area contributed by atoms with Gasteiger partial charge in [0.05, 0.1) is 23.7 Å². The summed E-state index contributed by atoms with van der Waals surface area (Å²) in [5.74, 6) is 0.860. The van der Waals surface area contributed by atoms with Gasteiger partial charge >= 0.3 is 0 Å². The highest BCUT2D eigenvalue weighted by molar-refractivity contribution is 5.80. The maximum absolute atomic E-state index is 13.7. The molecule has 0 fully saturated rings. The van der Waals surface area contributed by atoms with Crippen molar-refractivity contribution in [3.8, 4) is 11.4 Å². The molecule has 0 bridgehead atoms. The maximum atomic E-state index is 13.7. The van der Waals surface area contributed by atoms with Gasteiger partial charge in [-0.1, -0.05) is 18.2 Å². The summed E-state index contributed by atoms with van der Waals surface area (Å²) in [5.41, 5.74) is 0.613. The number of pyridine rings is 1. The van der Waals surface area contributed by atoms with Crippen LogP contribution in [-0.2, 0) is 0 Å². The highest BCUT2D eigenvalue weighted by atomic mass is 19.1. The van der Waals surface area contributed by atoms with Gasteiger partial charge in [0.1, 0.15) is 17.4 Å². The van der Waals surface area contributed by atoms with Crippen LogP contribution < -0.4 is 15.6 Å². The quantitative estimate of drug-likeness (QED) is 0.600. The number of para-hydroxylation sites is 1. The molecule has 2 heterocycles. The number of aromatic nitrogens is 3. The van der Waals surface area contributed by atoms with Crippen LogP contribution >= 0.6 is 0 Å². The summed E-state index contributed by atoms with van der Waals surface area (Å²) in [7, 11) is 1.56. The Hall–Kier alpha value is -3.74. The van der Waals surface area contributed by atoms with Crippen LogP contribution in [0.25, 0.3) is 16.6 Å². The number of hydrogen-bond donors (Lipinski definition) is 1. The lowest BCUT2D eigenvalue weighted by atomic mass is 10.2. The fourth-order valence-electron chi connectivity index (χ4n) is 2.78. The van der Waals surface area contributed by atoms with E-state index in [4.69, 9.17) is 4.74 Å². The average Bonchev–Trinajstić information content (AvgIpc) is 2.70. The van der Waals surface area contributed by atoms with Crippen molar-refractivity contribution in [2.75, 3.05) is 12.4 Å². The third kappa shape index (κ3) is 3.22. The van der Waals surface area contributed by atoms with Gasteiger partial charge in [-0.2, -0.15) is 0 Å². The summed E-state index contributed by atoms with van der Waals surface area (Å²) < 4.78 is 20.3. The molecule has 4 rings (SSSR count). The minimum Gasteiger partial charge on any atom is -0.497 e. The van der Waals surface area contributed by atoms with Crippen molar-refractivity contribution in [1.82, 2.24) is 14.5 Å². The predicted molar refractivity (Wildman–Crippen MR) is 101 cm³/mol. The zero-order chi connectivity index (χ0) is 18.8. The van der Waals surface area contributed by atoms with Crippen molar-refractivity contribution in [2.24, 2.45) is 0 Å². The minimum atomic E-state index is -0.490. The molecule has 2 aromatic heterocycles. The first-order chi connectivity index (χ1) is 13.2. The monoisotopic (exact) mass is 362 g/mol. The number of rotatable bonds is 4. The van der Waals surface area contributed by atoms with Crippen LogP contribution in [0.1, 0.15) is 0 Å². The number of hydrogen-bond acceptors (Lipinski definition) is 5. The van der Waals surface area contributed by atoms with Gasteiger partial charge in [0.15, 0.2) is 0 Å². The first-order valence-electron chi connectivity index (χ1n) is 8.20. The van der Waals surface area contributed by atoms with Gasteiger partial charge in [-0.25, -0.2) is 18.9 Å². The van der Waals surface area contributed by atoms with Gasteiger partial charge in [-0.3, -0.25) is 4.79 Å². The Labute approximate surface area is 153 Å². The molecule has 0 aliphatic heterocycles. The molecule has 2 aromatic carbocycles. The largest absolute Gasteiger partial charge is 0.497 e. The van der Waals surface area contributed by atoms with E-state index in [0.717, 1.165) is 0 Å². The third-order valence-electron chi connectivity index (χ3n) is 4.05. The Bertz CT molecular complexity index is 1180. The number of nitrogens with zero attached hydrogens (tertiary/aromatic N) is 3. The van der Waals surface area contributed by atoms with Crippen LogP contribution in [0.15, 0.2) is 71.7 Å². The Kier molecular flexibility index (Phi) is 4.25. The van der Waals surface area contributed by atoms with Crippen LogP contribution in [0, 0.1) is 5.82 Å². The molecular weight excluding hydrogens is 347 g/mol.